The Bertz CT molecular complexity index is 2510. The number of hydrogen-bond donors (Lipinski definition) is 4. The maximum atomic E-state index is 14.5. The first-order chi connectivity index (χ1) is 34.6. The number of hydrogen-bond acceptors (Lipinski definition) is 13. The van der Waals surface area contributed by atoms with Gasteiger partial charge in [0.05, 0.1) is 47.0 Å². The van der Waals surface area contributed by atoms with Gasteiger partial charge in [0.1, 0.15) is 49.1 Å². The molecule has 2 saturated heterocycles. The van der Waals surface area contributed by atoms with Crippen molar-refractivity contribution in [2.45, 2.75) is 131 Å². The third-order valence-corrected chi connectivity index (χ3v) is 12.6. The fraction of sp³-hybridized carbons (Fsp3) is 0.545. The zero-order valence-corrected chi connectivity index (χ0v) is 45.4. The Morgan fingerprint density at radius 3 is 1.80 bits per heavy atom. The van der Waals surface area contributed by atoms with E-state index >= 15 is 0 Å². The molecule has 2 aliphatic heterocycles. The summed E-state index contributed by atoms with van der Waals surface area (Å²) in [6.07, 6.45) is 2.69. The van der Waals surface area contributed by atoms with E-state index in [1.807, 2.05) is 94.4 Å². The molecule has 5 atom stereocenters. The molecule has 19 heteroatoms. The van der Waals surface area contributed by atoms with Crippen LogP contribution in [0.1, 0.15) is 107 Å². The highest BCUT2D eigenvalue weighted by atomic mass is 32.2. The number of carbonyl (C=O) groups excluding carboxylic acids is 7. The standard InChI is InChI=1S/C54H73N5O10.CH4O3S/c1-35(2)26-43(48(62)54(9)34-68-54)56-51(65)45(30-39-18-14-11-15-19-39)58-50(64)44(27-36(3)4)57-49(63)42(21-20-38-16-12-10-13-17-38)55-46(61)32-59(22-24-67-25-23-59)31-40-28-37(5)47(41(29-40)33-60)69-52(66)53(6,7)8;1-5(2,3)4/h10-19,28-29,33,35-36,42-45H,20-27,30-32,34H2,1-9H3,(H3-,55,56,57,58,61,63,64,65);1H3,(H,2,3,4)/t42-,43-,44-,45-,54+;/m0./s1. The molecule has 406 valence electrons. The van der Waals surface area contributed by atoms with Crippen molar-refractivity contribution in [3.8, 4) is 5.75 Å². The van der Waals surface area contributed by atoms with Crippen LogP contribution in [0.2, 0.25) is 0 Å². The molecular formula is C55H77N5O13S. The minimum atomic E-state index is -3.92. The topological polar surface area (TPSA) is 256 Å². The van der Waals surface area contributed by atoms with Crippen LogP contribution >= 0.6 is 0 Å². The summed E-state index contributed by atoms with van der Waals surface area (Å²) in [5, 5.41) is 11.8. The smallest absolute Gasteiger partial charge is 0.316 e. The molecule has 0 radical (unpaired) electrons. The Kier molecular flexibility index (Phi) is 22.2. The van der Waals surface area contributed by atoms with E-state index in [0.717, 1.165) is 16.7 Å². The third kappa shape index (κ3) is 20.1. The number of benzene rings is 3. The summed E-state index contributed by atoms with van der Waals surface area (Å²) < 4.78 is 44.4. The van der Waals surface area contributed by atoms with Gasteiger partial charge in [-0.3, -0.25) is 33.6 Å². The van der Waals surface area contributed by atoms with E-state index in [9.17, 15) is 33.6 Å². The summed E-state index contributed by atoms with van der Waals surface area (Å²) in [4.78, 5) is 96.1. The SMILES string of the molecule is CS(=O)(=O)[O-].Cc1cc(C[N+]2(CC(=O)N[C@@H](CCc3ccccc3)C(=O)N[C@@H](CC(C)C)C(=O)N[C@@H](Cc3ccccc3)C(=O)N[C@@H](CC(C)C)C(=O)[C@@]3(C)CO3)CCOCC2)cc(C=O)c1OC(=O)C(C)(C)C. The van der Waals surface area contributed by atoms with Crippen molar-refractivity contribution >= 4 is 51.8 Å². The highest BCUT2D eigenvalue weighted by Gasteiger charge is 2.50. The second-order valence-corrected chi connectivity index (χ2v) is 23.1. The molecule has 4 amide bonds. The minimum absolute atomic E-state index is 0.00746. The Hall–Kier alpha value is -5.86. The van der Waals surface area contributed by atoms with Gasteiger partial charge in [-0.1, -0.05) is 88.4 Å². The van der Waals surface area contributed by atoms with Crippen LogP contribution in [0, 0.1) is 24.2 Å². The summed E-state index contributed by atoms with van der Waals surface area (Å²) in [6, 6.07) is 18.3. The highest BCUT2D eigenvalue weighted by molar-refractivity contribution is 7.84. The van der Waals surface area contributed by atoms with Gasteiger partial charge < -0.3 is 44.5 Å². The number of ether oxygens (including phenoxy) is 3. The van der Waals surface area contributed by atoms with Crippen molar-refractivity contribution in [2.75, 3.05) is 45.7 Å². The molecule has 0 unspecified atom stereocenters. The number of rotatable bonds is 24. The number of Topliss-reactive ketones (excluding diaryl/α,β-unsaturated/α-hetero) is 1. The molecule has 3 aromatic carbocycles. The van der Waals surface area contributed by atoms with Gasteiger partial charge in [-0.05, 0) is 101 Å². The van der Waals surface area contributed by atoms with E-state index in [1.165, 1.54) is 0 Å². The molecule has 0 aromatic heterocycles. The summed E-state index contributed by atoms with van der Waals surface area (Å²) in [5.74, 6) is -2.50. The van der Waals surface area contributed by atoms with Crippen molar-refractivity contribution < 1.29 is 65.2 Å². The molecule has 0 bridgehead atoms. The lowest BCUT2D eigenvalue weighted by Gasteiger charge is -2.41. The molecule has 18 nitrogen and oxygen atoms in total. The normalized spacial score (nSPS) is 17.8. The summed E-state index contributed by atoms with van der Waals surface area (Å²) in [6.45, 7) is 18.9. The molecule has 3 aromatic rings. The number of aldehydes is 1. The first-order valence-electron chi connectivity index (χ1n) is 25.2. The number of carbonyl (C=O) groups is 7. The van der Waals surface area contributed by atoms with Crippen LogP contribution in [-0.4, -0.2) is 135 Å². The van der Waals surface area contributed by atoms with Gasteiger partial charge in [0.2, 0.25) is 17.7 Å². The number of morpholine rings is 1. The van der Waals surface area contributed by atoms with Gasteiger partial charge in [-0.25, -0.2) is 8.42 Å². The van der Waals surface area contributed by atoms with E-state index < -0.39 is 69.0 Å². The number of nitrogens with zero attached hydrogens (tertiary/aromatic N) is 1. The van der Waals surface area contributed by atoms with Crippen LogP contribution < -0.4 is 26.0 Å². The quantitative estimate of drug-likeness (QED) is 0.0241. The molecule has 2 heterocycles. The number of ketones is 1. The average molecular weight is 1050 g/mol. The van der Waals surface area contributed by atoms with Crippen LogP contribution in [0.4, 0.5) is 0 Å². The predicted octanol–water partition coefficient (Wildman–Crippen LogP) is 4.53. The van der Waals surface area contributed by atoms with Crippen molar-refractivity contribution in [2.24, 2.45) is 17.3 Å². The van der Waals surface area contributed by atoms with E-state index in [-0.39, 0.29) is 71.7 Å². The van der Waals surface area contributed by atoms with Crippen LogP contribution in [0.5, 0.6) is 5.75 Å². The molecule has 5 rings (SSSR count). The average Bonchev–Trinajstić information content (AvgIpc) is 4.07. The lowest BCUT2D eigenvalue weighted by Crippen LogP contribution is -2.61. The largest absolute Gasteiger partial charge is 0.748 e. The van der Waals surface area contributed by atoms with E-state index in [2.05, 4.69) is 21.3 Å². The van der Waals surface area contributed by atoms with Crippen LogP contribution in [0.15, 0.2) is 72.8 Å². The van der Waals surface area contributed by atoms with Crippen LogP contribution in [0.3, 0.4) is 0 Å². The summed E-state index contributed by atoms with van der Waals surface area (Å²) in [7, 11) is -3.92. The maximum absolute atomic E-state index is 14.5. The Morgan fingerprint density at radius 2 is 1.27 bits per heavy atom. The molecule has 2 aliphatic rings. The lowest BCUT2D eigenvalue weighted by atomic mass is 9.93. The maximum Gasteiger partial charge on any atom is 0.316 e. The van der Waals surface area contributed by atoms with Crippen molar-refractivity contribution in [3.63, 3.8) is 0 Å². The molecule has 0 aliphatic carbocycles. The minimum Gasteiger partial charge on any atom is -0.748 e. The second-order valence-electron chi connectivity index (χ2n) is 21.7. The number of aryl methyl sites for hydroxylation is 2. The molecule has 74 heavy (non-hydrogen) atoms. The molecular weight excluding hydrogens is 971 g/mol. The van der Waals surface area contributed by atoms with Gasteiger partial charge in [0.15, 0.2) is 18.6 Å². The van der Waals surface area contributed by atoms with Gasteiger partial charge in [-0.2, -0.15) is 0 Å². The fourth-order valence-corrected chi connectivity index (χ4v) is 8.60. The number of esters is 1. The van der Waals surface area contributed by atoms with E-state index in [4.69, 9.17) is 27.2 Å². The first kappa shape index (κ1) is 60.7. The Labute approximate surface area is 436 Å². The van der Waals surface area contributed by atoms with Crippen molar-refractivity contribution in [3.05, 3.63) is 101 Å². The monoisotopic (exact) mass is 1050 g/mol. The van der Waals surface area contributed by atoms with E-state index in [0.29, 0.717) is 63.8 Å². The highest BCUT2D eigenvalue weighted by Crippen LogP contribution is 2.31. The molecule has 0 spiro atoms. The second kappa shape index (κ2) is 27.1. The number of epoxide rings is 1. The molecule has 0 saturated carbocycles. The van der Waals surface area contributed by atoms with Crippen molar-refractivity contribution in [1.29, 1.82) is 0 Å². The summed E-state index contributed by atoms with van der Waals surface area (Å²) in [5.41, 5.74) is 1.60. The molecule has 4 N–H and O–H groups in total. The van der Waals surface area contributed by atoms with E-state index in [1.54, 1.807) is 40.7 Å². The lowest BCUT2D eigenvalue weighted by molar-refractivity contribution is -0.940. The van der Waals surface area contributed by atoms with Crippen molar-refractivity contribution in [1.82, 2.24) is 21.3 Å². The van der Waals surface area contributed by atoms with Gasteiger partial charge >= 0.3 is 5.97 Å². The number of amides is 4. The van der Waals surface area contributed by atoms with Gasteiger partial charge in [0.25, 0.3) is 5.91 Å². The first-order valence-corrected chi connectivity index (χ1v) is 27.0. The Balaban J connectivity index is 0.00000226. The van der Waals surface area contributed by atoms with Gasteiger partial charge in [0, 0.05) is 18.2 Å². The molecule has 2 fully saturated rings. The van der Waals surface area contributed by atoms with Gasteiger partial charge in [-0.15, -0.1) is 0 Å². The number of quaternary nitrogens is 1. The van der Waals surface area contributed by atoms with Crippen LogP contribution in [0.25, 0.3) is 0 Å². The predicted molar refractivity (Wildman–Crippen MR) is 278 cm³/mol. The Morgan fingerprint density at radius 1 is 0.770 bits per heavy atom. The zero-order valence-electron chi connectivity index (χ0n) is 44.6. The number of nitrogens with one attached hydrogen (secondary N) is 4. The zero-order chi connectivity index (χ0) is 55.0. The van der Waals surface area contributed by atoms with Crippen LogP contribution in [-0.2, 0) is 67.7 Å². The third-order valence-electron chi connectivity index (χ3n) is 12.6. The summed E-state index contributed by atoms with van der Waals surface area (Å²) >= 11 is 0. The fourth-order valence-electron chi connectivity index (χ4n) is 8.60.